The largest absolute Gasteiger partial charge is 0.322 e. The summed E-state index contributed by atoms with van der Waals surface area (Å²) in [5, 5.41) is 14.6. The smallest absolute Gasteiger partial charge is 0.209 e. The zero-order valence-corrected chi connectivity index (χ0v) is 14.6. The van der Waals surface area contributed by atoms with E-state index in [9.17, 15) is 0 Å². The van der Waals surface area contributed by atoms with Crippen molar-refractivity contribution in [2.75, 3.05) is 32.7 Å². The Morgan fingerprint density at radius 2 is 2.22 bits per heavy atom. The third-order valence-corrected chi connectivity index (χ3v) is 5.55. The highest BCUT2D eigenvalue weighted by molar-refractivity contribution is 7.09. The van der Waals surface area contributed by atoms with E-state index < -0.39 is 0 Å². The van der Waals surface area contributed by atoms with Crippen molar-refractivity contribution in [3.05, 3.63) is 40.9 Å². The van der Waals surface area contributed by atoms with E-state index in [1.165, 1.54) is 31.1 Å². The summed E-state index contributed by atoms with van der Waals surface area (Å²) in [5.74, 6) is 1.03. The molecule has 3 rings (SSSR count). The lowest BCUT2D eigenvalue weighted by Gasteiger charge is -2.33. The molecule has 0 aliphatic carbocycles. The summed E-state index contributed by atoms with van der Waals surface area (Å²) >= 11 is 1.75. The average molecular weight is 334 g/mol. The van der Waals surface area contributed by atoms with E-state index in [0.29, 0.717) is 6.04 Å². The molecule has 0 amide bonds. The van der Waals surface area contributed by atoms with Crippen LogP contribution in [0.25, 0.3) is 0 Å². The number of nitrogens with zero attached hydrogens (tertiary/aromatic N) is 4. The van der Waals surface area contributed by atoms with Gasteiger partial charge in [-0.3, -0.25) is 0 Å². The molecule has 2 N–H and O–H groups in total. The molecule has 23 heavy (non-hydrogen) atoms. The molecule has 0 unspecified atom stereocenters. The van der Waals surface area contributed by atoms with Gasteiger partial charge in [0.05, 0.1) is 13.1 Å². The zero-order chi connectivity index (χ0) is 16.1. The SMILES string of the molecule is C=CC[NH+]1CC[NH+]([C@H](CC)c2nnnn2Cc2cccs2)CC1. The first-order chi connectivity index (χ1) is 11.3. The van der Waals surface area contributed by atoms with Crippen LogP contribution in [-0.4, -0.2) is 52.9 Å². The van der Waals surface area contributed by atoms with Crippen LogP contribution in [0.3, 0.4) is 0 Å². The molecule has 2 aromatic rings. The first kappa shape index (κ1) is 16.3. The van der Waals surface area contributed by atoms with Crippen LogP contribution in [0.15, 0.2) is 30.2 Å². The molecule has 1 aliphatic rings. The fraction of sp³-hybridized carbons (Fsp3) is 0.562. The Bertz CT molecular complexity index is 600. The van der Waals surface area contributed by atoms with Gasteiger partial charge in [-0.05, 0) is 27.9 Å². The lowest BCUT2D eigenvalue weighted by atomic mass is 10.1. The van der Waals surface area contributed by atoms with E-state index in [0.717, 1.165) is 25.3 Å². The first-order valence-corrected chi connectivity index (χ1v) is 9.27. The van der Waals surface area contributed by atoms with Crippen molar-refractivity contribution in [1.29, 1.82) is 0 Å². The zero-order valence-electron chi connectivity index (χ0n) is 13.7. The van der Waals surface area contributed by atoms with Crippen LogP contribution in [0.1, 0.15) is 30.1 Å². The summed E-state index contributed by atoms with van der Waals surface area (Å²) in [6.45, 7) is 12.7. The molecule has 3 heterocycles. The molecule has 0 bridgehead atoms. The Morgan fingerprint density at radius 1 is 1.39 bits per heavy atom. The second-order valence-electron chi connectivity index (χ2n) is 6.14. The van der Waals surface area contributed by atoms with E-state index in [1.54, 1.807) is 21.1 Å². The van der Waals surface area contributed by atoms with Gasteiger partial charge in [0.25, 0.3) is 0 Å². The number of quaternary nitrogens is 2. The van der Waals surface area contributed by atoms with Crippen molar-refractivity contribution in [1.82, 2.24) is 20.2 Å². The Hall–Kier alpha value is -1.57. The number of nitrogens with one attached hydrogen (secondary N) is 2. The maximum atomic E-state index is 4.36. The molecule has 0 radical (unpaired) electrons. The summed E-state index contributed by atoms with van der Waals surface area (Å²) < 4.78 is 1.98. The highest BCUT2D eigenvalue weighted by atomic mass is 32.1. The summed E-state index contributed by atoms with van der Waals surface area (Å²) in [5.41, 5.74) is 0. The molecular formula is C16H26N6S+2. The highest BCUT2D eigenvalue weighted by Gasteiger charge is 2.32. The van der Waals surface area contributed by atoms with Crippen LogP contribution < -0.4 is 9.80 Å². The van der Waals surface area contributed by atoms with Gasteiger partial charge in [0.15, 0.2) is 0 Å². The Balaban J connectivity index is 1.69. The normalized spacial score (nSPS) is 22.8. The van der Waals surface area contributed by atoms with Crippen molar-refractivity contribution in [2.24, 2.45) is 0 Å². The monoisotopic (exact) mass is 334 g/mol. The number of piperazine rings is 1. The third-order valence-electron chi connectivity index (χ3n) is 4.69. The van der Waals surface area contributed by atoms with Gasteiger partial charge in [0.1, 0.15) is 32.2 Å². The Kier molecular flexibility index (Phi) is 5.53. The predicted molar refractivity (Wildman–Crippen MR) is 90.7 cm³/mol. The minimum absolute atomic E-state index is 0.384. The fourth-order valence-electron chi connectivity index (χ4n) is 3.46. The van der Waals surface area contributed by atoms with E-state index in [-0.39, 0.29) is 0 Å². The summed E-state index contributed by atoms with van der Waals surface area (Å²) in [4.78, 5) is 4.54. The molecule has 1 aliphatic heterocycles. The van der Waals surface area contributed by atoms with Crippen LogP contribution in [-0.2, 0) is 6.54 Å². The Labute approximate surface area is 141 Å². The number of thiophene rings is 1. The van der Waals surface area contributed by atoms with Crippen molar-refractivity contribution in [3.63, 3.8) is 0 Å². The van der Waals surface area contributed by atoms with E-state index >= 15 is 0 Å². The van der Waals surface area contributed by atoms with Gasteiger partial charge in [-0.2, -0.15) is 0 Å². The van der Waals surface area contributed by atoms with Gasteiger partial charge in [-0.15, -0.1) is 16.4 Å². The molecule has 2 aromatic heterocycles. The first-order valence-electron chi connectivity index (χ1n) is 8.39. The van der Waals surface area contributed by atoms with Gasteiger partial charge >= 0.3 is 0 Å². The molecule has 7 heteroatoms. The van der Waals surface area contributed by atoms with Gasteiger partial charge in [0, 0.05) is 11.3 Å². The standard InChI is InChI=1S/C16H24N6S/c1-3-7-20-8-10-21(11-9-20)15(4-2)16-17-18-19-22(16)13-14-6-5-12-23-14/h3,5-6,12,15H,1,4,7-11,13H2,2H3/p+2/t15-/m1/s1. The molecular weight excluding hydrogens is 308 g/mol. The Morgan fingerprint density at radius 3 is 2.87 bits per heavy atom. The van der Waals surface area contributed by atoms with Crippen LogP contribution in [0.5, 0.6) is 0 Å². The van der Waals surface area contributed by atoms with Crippen molar-refractivity contribution < 1.29 is 9.80 Å². The highest BCUT2D eigenvalue weighted by Crippen LogP contribution is 2.14. The molecule has 0 aromatic carbocycles. The molecule has 1 saturated heterocycles. The number of tetrazole rings is 1. The maximum Gasteiger partial charge on any atom is 0.209 e. The van der Waals surface area contributed by atoms with Crippen molar-refractivity contribution in [3.8, 4) is 0 Å². The molecule has 0 saturated carbocycles. The minimum atomic E-state index is 0.384. The lowest BCUT2D eigenvalue weighted by molar-refractivity contribution is -1.03. The van der Waals surface area contributed by atoms with Crippen LogP contribution in [0.2, 0.25) is 0 Å². The summed E-state index contributed by atoms with van der Waals surface area (Å²) in [7, 11) is 0. The summed E-state index contributed by atoms with van der Waals surface area (Å²) in [6.07, 6.45) is 3.09. The number of rotatable bonds is 7. The van der Waals surface area contributed by atoms with Crippen LogP contribution >= 0.6 is 11.3 Å². The molecule has 1 fully saturated rings. The lowest BCUT2D eigenvalue weighted by Crippen LogP contribution is -3.28. The molecule has 1 atom stereocenters. The third kappa shape index (κ3) is 3.85. The van der Waals surface area contributed by atoms with Gasteiger partial charge in [-0.25, -0.2) is 4.68 Å². The predicted octanol–water partition coefficient (Wildman–Crippen LogP) is -0.797. The topological polar surface area (TPSA) is 52.5 Å². The maximum absolute atomic E-state index is 4.36. The summed E-state index contributed by atoms with van der Waals surface area (Å²) in [6, 6.07) is 4.60. The molecule has 6 nitrogen and oxygen atoms in total. The van der Waals surface area contributed by atoms with Crippen molar-refractivity contribution in [2.45, 2.75) is 25.9 Å². The van der Waals surface area contributed by atoms with Gasteiger partial charge < -0.3 is 9.80 Å². The van der Waals surface area contributed by atoms with Crippen LogP contribution in [0, 0.1) is 0 Å². The van der Waals surface area contributed by atoms with E-state index in [1.807, 2.05) is 10.8 Å². The molecule has 0 spiro atoms. The second-order valence-corrected chi connectivity index (χ2v) is 7.17. The minimum Gasteiger partial charge on any atom is -0.322 e. The average Bonchev–Trinajstić information content (AvgIpc) is 3.23. The quantitative estimate of drug-likeness (QED) is 0.652. The van der Waals surface area contributed by atoms with Crippen LogP contribution in [0.4, 0.5) is 0 Å². The van der Waals surface area contributed by atoms with E-state index in [4.69, 9.17) is 0 Å². The van der Waals surface area contributed by atoms with Gasteiger partial charge in [0.2, 0.25) is 5.82 Å². The number of hydrogen-bond donors (Lipinski definition) is 2. The number of hydrogen-bond acceptors (Lipinski definition) is 4. The number of aromatic nitrogens is 4. The van der Waals surface area contributed by atoms with Crippen molar-refractivity contribution >= 4 is 11.3 Å². The fourth-order valence-corrected chi connectivity index (χ4v) is 4.14. The second kappa shape index (κ2) is 7.81. The molecule has 124 valence electrons. The van der Waals surface area contributed by atoms with E-state index in [2.05, 4.69) is 46.5 Å². The van der Waals surface area contributed by atoms with Gasteiger partial charge in [-0.1, -0.05) is 19.6 Å².